The molecule has 0 bridgehead atoms. The molecule has 1 N–H and O–H groups in total. The zero-order chi connectivity index (χ0) is 14.4. The van der Waals surface area contributed by atoms with Gasteiger partial charge in [-0.3, -0.25) is 4.79 Å². The summed E-state index contributed by atoms with van der Waals surface area (Å²) < 4.78 is 0. The van der Waals surface area contributed by atoms with E-state index >= 15 is 0 Å². The van der Waals surface area contributed by atoms with E-state index in [1.807, 2.05) is 43.8 Å². The van der Waals surface area contributed by atoms with Gasteiger partial charge in [0.2, 0.25) is 0 Å². The summed E-state index contributed by atoms with van der Waals surface area (Å²) in [5, 5.41) is 3.87. The highest BCUT2D eigenvalue weighted by molar-refractivity contribution is 7.99. The predicted molar refractivity (Wildman–Crippen MR) is 87.6 cm³/mol. The first-order chi connectivity index (χ1) is 9.66. The molecule has 2 rings (SSSR count). The first kappa shape index (κ1) is 15.4. The molecule has 1 saturated carbocycles. The number of hydrogen-bond donors (Lipinski definition) is 1. The Hall–Kier alpha value is -0.960. The van der Waals surface area contributed by atoms with Gasteiger partial charge in [0.25, 0.3) is 5.91 Å². The van der Waals surface area contributed by atoms with Crippen molar-refractivity contribution in [1.82, 2.24) is 5.32 Å². The molecule has 0 heterocycles. The van der Waals surface area contributed by atoms with Crippen molar-refractivity contribution >= 4 is 17.7 Å². The average molecular weight is 291 g/mol. The van der Waals surface area contributed by atoms with E-state index in [-0.39, 0.29) is 5.91 Å². The monoisotopic (exact) mass is 291 g/mol. The number of amides is 1. The van der Waals surface area contributed by atoms with Gasteiger partial charge in [-0.2, -0.15) is 11.8 Å². The Balaban J connectivity index is 1.73. The molecule has 0 aromatic heterocycles. The molecule has 1 aliphatic carbocycles. The van der Waals surface area contributed by atoms with Gasteiger partial charge in [0.05, 0.1) is 0 Å². The van der Waals surface area contributed by atoms with Crippen LogP contribution >= 0.6 is 11.8 Å². The summed E-state index contributed by atoms with van der Waals surface area (Å²) in [5.74, 6) is 1.09. The summed E-state index contributed by atoms with van der Waals surface area (Å²) in [6.45, 7) is 4.79. The highest BCUT2D eigenvalue weighted by atomic mass is 32.2. The minimum Gasteiger partial charge on any atom is -0.351 e. The Bertz CT molecular complexity index is 452. The summed E-state index contributed by atoms with van der Waals surface area (Å²) in [6, 6.07) is 6.03. The fourth-order valence-electron chi connectivity index (χ4n) is 2.70. The van der Waals surface area contributed by atoms with Crippen molar-refractivity contribution in [3.05, 3.63) is 34.9 Å². The summed E-state index contributed by atoms with van der Waals surface area (Å²) >= 11 is 2.03. The maximum Gasteiger partial charge on any atom is 0.251 e. The second kappa shape index (κ2) is 7.72. The number of aryl methyl sites for hydroxylation is 2. The van der Waals surface area contributed by atoms with Crippen LogP contribution in [0.15, 0.2) is 18.2 Å². The molecule has 1 aromatic carbocycles. The summed E-state index contributed by atoms with van der Waals surface area (Å²) in [6.07, 6.45) is 6.88. The van der Waals surface area contributed by atoms with Crippen LogP contribution in [0.2, 0.25) is 0 Å². The highest BCUT2D eigenvalue weighted by Gasteiger charge is 2.13. The lowest BCUT2D eigenvalue weighted by molar-refractivity contribution is 0.0955. The fraction of sp³-hybridized carbons (Fsp3) is 0.588. The van der Waals surface area contributed by atoms with E-state index in [1.54, 1.807) is 0 Å². The second-order valence-corrected chi connectivity index (χ2v) is 7.11. The van der Waals surface area contributed by atoms with Crippen LogP contribution in [0.3, 0.4) is 0 Å². The average Bonchev–Trinajstić information content (AvgIpc) is 2.47. The van der Waals surface area contributed by atoms with E-state index in [4.69, 9.17) is 0 Å². The molecule has 1 aliphatic rings. The minimum absolute atomic E-state index is 0.0652. The van der Waals surface area contributed by atoms with Crippen molar-refractivity contribution in [3.63, 3.8) is 0 Å². The Morgan fingerprint density at radius 1 is 1.25 bits per heavy atom. The molecule has 20 heavy (non-hydrogen) atoms. The standard InChI is InChI=1S/C17H25NOS/c1-13-8-9-14(2)16(12-13)17(19)18-10-11-20-15-6-4-3-5-7-15/h8-9,12,15H,3-7,10-11H2,1-2H3,(H,18,19). The van der Waals surface area contributed by atoms with Crippen LogP contribution in [0.1, 0.15) is 53.6 Å². The lowest BCUT2D eigenvalue weighted by Gasteiger charge is -2.20. The first-order valence-corrected chi connectivity index (χ1v) is 8.69. The minimum atomic E-state index is 0.0652. The first-order valence-electron chi connectivity index (χ1n) is 7.64. The van der Waals surface area contributed by atoms with Crippen LogP contribution in [0.5, 0.6) is 0 Å². The normalized spacial score (nSPS) is 16.1. The van der Waals surface area contributed by atoms with Crippen molar-refractivity contribution in [3.8, 4) is 0 Å². The smallest absolute Gasteiger partial charge is 0.251 e. The van der Waals surface area contributed by atoms with Crippen molar-refractivity contribution in [2.24, 2.45) is 0 Å². The van der Waals surface area contributed by atoms with E-state index in [9.17, 15) is 4.79 Å². The molecule has 2 nitrogen and oxygen atoms in total. The van der Waals surface area contributed by atoms with Gasteiger partial charge in [-0.05, 0) is 38.3 Å². The van der Waals surface area contributed by atoms with Crippen LogP contribution in [-0.4, -0.2) is 23.5 Å². The summed E-state index contributed by atoms with van der Waals surface area (Å²) in [5.41, 5.74) is 3.00. The molecule has 1 fully saturated rings. The van der Waals surface area contributed by atoms with Gasteiger partial charge in [-0.25, -0.2) is 0 Å². The SMILES string of the molecule is Cc1ccc(C)c(C(=O)NCCSC2CCCCC2)c1. The Morgan fingerprint density at radius 3 is 2.75 bits per heavy atom. The lowest BCUT2D eigenvalue weighted by Crippen LogP contribution is -2.27. The Kier molecular flexibility index (Phi) is 5.96. The van der Waals surface area contributed by atoms with Gasteiger partial charge >= 0.3 is 0 Å². The van der Waals surface area contributed by atoms with E-state index < -0.39 is 0 Å². The maximum absolute atomic E-state index is 12.1. The molecular formula is C17H25NOS. The van der Waals surface area contributed by atoms with E-state index in [0.29, 0.717) is 0 Å². The quantitative estimate of drug-likeness (QED) is 0.828. The number of rotatable bonds is 5. The summed E-state index contributed by atoms with van der Waals surface area (Å²) in [4.78, 5) is 12.1. The third kappa shape index (κ3) is 4.55. The maximum atomic E-state index is 12.1. The van der Waals surface area contributed by atoms with Crippen LogP contribution in [0, 0.1) is 13.8 Å². The van der Waals surface area contributed by atoms with Crippen LogP contribution in [0.25, 0.3) is 0 Å². The molecule has 0 radical (unpaired) electrons. The van der Waals surface area contributed by atoms with E-state index in [1.165, 1.54) is 32.1 Å². The summed E-state index contributed by atoms with van der Waals surface area (Å²) in [7, 11) is 0. The second-order valence-electron chi connectivity index (χ2n) is 5.71. The molecule has 0 atom stereocenters. The number of carbonyl (C=O) groups excluding carboxylic acids is 1. The van der Waals surface area contributed by atoms with Gasteiger partial charge < -0.3 is 5.32 Å². The number of benzene rings is 1. The number of carbonyl (C=O) groups is 1. The molecular weight excluding hydrogens is 266 g/mol. The van der Waals surface area contributed by atoms with Gasteiger partial charge in [0.1, 0.15) is 0 Å². The number of hydrogen-bond acceptors (Lipinski definition) is 2. The number of nitrogens with one attached hydrogen (secondary N) is 1. The third-order valence-corrected chi connectivity index (χ3v) is 5.31. The predicted octanol–water partition coefficient (Wildman–Crippen LogP) is 4.10. The van der Waals surface area contributed by atoms with E-state index in [0.717, 1.165) is 34.2 Å². The van der Waals surface area contributed by atoms with Gasteiger partial charge in [0, 0.05) is 23.1 Å². The highest BCUT2D eigenvalue weighted by Crippen LogP contribution is 2.27. The lowest BCUT2D eigenvalue weighted by atomic mass is 10.0. The molecule has 0 spiro atoms. The van der Waals surface area contributed by atoms with Crippen LogP contribution in [-0.2, 0) is 0 Å². The van der Waals surface area contributed by atoms with Gasteiger partial charge in [0.15, 0.2) is 0 Å². The molecule has 1 amide bonds. The molecule has 1 aromatic rings. The van der Waals surface area contributed by atoms with Crippen molar-refractivity contribution in [2.45, 2.75) is 51.2 Å². The number of thioether (sulfide) groups is 1. The molecule has 3 heteroatoms. The fourth-order valence-corrected chi connectivity index (χ4v) is 3.92. The van der Waals surface area contributed by atoms with Crippen LogP contribution in [0.4, 0.5) is 0 Å². The third-order valence-electron chi connectivity index (χ3n) is 3.93. The van der Waals surface area contributed by atoms with Crippen LogP contribution < -0.4 is 5.32 Å². The largest absolute Gasteiger partial charge is 0.351 e. The zero-order valence-electron chi connectivity index (χ0n) is 12.6. The Labute approximate surface area is 126 Å². The Morgan fingerprint density at radius 2 is 2.00 bits per heavy atom. The van der Waals surface area contributed by atoms with Crippen molar-refractivity contribution < 1.29 is 4.79 Å². The van der Waals surface area contributed by atoms with Gasteiger partial charge in [-0.1, -0.05) is 37.0 Å². The van der Waals surface area contributed by atoms with Crippen molar-refractivity contribution in [1.29, 1.82) is 0 Å². The molecule has 0 saturated heterocycles. The molecule has 0 unspecified atom stereocenters. The van der Waals surface area contributed by atoms with Crippen molar-refractivity contribution in [2.75, 3.05) is 12.3 Å². The zero-order valence-corrected chi connectivity index (χ0v) is 13.4. The molecule has 0 aliphatic heterocycles. The topological polar surface area (TPSA) is 29.1 Å². The molecule has 110 valence electrons. The van der Waals surface area contributed by atoms with Gasteiger partial charge in [-0.15, -0.1) is 0 Å². The van der Waals surface area contributed by atoms with E-state index in [2.05, 4.69) is 5.32 Å².